The highest BCUT2D eigenvalue weighted by Crippen LogP contribution is 2.23. The van der Waals surface area contributed by atoms with Gasteiger partial charge in [0.1, 0.15) is 13.2 Å². The van der Waals surface area contributed by atoms with Crippen LogP contribution in [0, 0.1) is 0 Å². The van der Waals surface area contributed by atoms with Gasteiger partial charge in [0.2, 0.25) is 0 Å². The summed E-state index contributed by atoms with van der Waals surface area (Å²) in [7, 11) is -1.95. The summed E-state index contributed by atoms with van der Waals surface area (Å²) in [5, 5.41) is 0. The highest BCUT2D eigenvalue weighted by Gasteiger charge is 2.17. The first kappa shape index (κ1) is 20.8. The highest BCUT2D eigenvalue weighted by molar-refractivity contribution is 7.33. The molecule has 0 spiro atoms. The van der Waals surface area contributed by atoms with Gasteiger partial charge in [-0.3, -0.25) is 0 Å². The van der Waals surface area contributed by atoms with Gasteiger partial charge in [0, 0.05) is 4.57 Å². The van der Waals surface area contributed by atoms with E-state index in [9.17, 15) is 4.57 Å². The predicted octanol–water partition coefficient (Wildman–Crippen LogP) is 6.56. The van der Waals surface area contributed by atoms with E-state index in [2.05, 4.69) is 13.5 Å². The van der Waals surface area contributed by atoms with Crippen LogP contribution in [0.2, 0.25) is 0 Å². The van der Waals surface area contributed by atoms with E-state index in [1.807, 2.05) is 0 Å². The lowest BCUT2D eigenvalue weighted by atomic mass is 10.1. The van der Waals surface area contributed by atoms with Crippen molar-refractivity contribution in [3.63, 3.8) is 0 Å². The van der Waals surface area contributed by atoms with Gasteiger partial charge >= 0.3 is 8.25 Å². The van der Waals surface area contributed by atoms with Crippen LogP contribution in [0.3, 0.4) is 0 Å². The molecule has 0 aromatic rings. The largest absolute Gasteiger partial charge is 0.697 e. The van der Waals surface area contributed by atoms with Gasteiger partial charge in [0.15, 0.2) is 0 Å². The van der Waals surface area contributed by atoms with Crippen LogP contribution in [0.25, 0.3) is 0 Å². The minimum atomic E-state index is -1.95. The Kier molecular flexibility index (Phi) is 17.6. The molecule has 0 saturated heterocycles. The van der Waals surface area contributed by atoms with E-state index in [1.165, 1.54) is 64.2 Å². The van der Waals surface area contributed by atoms with E-state index in [1.54, 1.807) is 6.08 Å². The molecule has 0 aliphatic heterocycles. The molecule has 0 aliphatic carbocycles. The molecule has 0 bridgehead atoms. The third-order valence-electron chi connectivity index (χ3n) is 3.49. The van der Waals surface area contributed by atoms with E-state index in [-0.39, 0.29) is 6.61 Å². The van der Waals surface area contributed by atoms with Crippen LogP contribution >= 0.6 is 8.25 Å². The second kappa shape index (κ2) is 17.8. The van der Waals surface area contributed by atoms with Crippen molar-refractivity contribution in [1.29, 1.82) is 0 Å². The Morgan fingerprint density at radius 1 is 0.810 bits per heavy atom. The maximum absolute atomic E-state index is 11.2. The van der Waals surface area contributed by atoms with Gasteiger partial charge in [0.05, 0.1) is 0 Å². The number of hydrogen-bond donors (Lipinski definition) is 0. The molecule has 1 atom stereocenters. The molecule has 0 fully saturated rings. The van der Waals surface area contributed by atoms with Gasteiger partial charge in [-0.15, -0.1) is 15.6 Å². The highest BCUT2D eigenvalue weighted by atomic mass is 31.1. The Hall–Kier alpha value is -0.240. The van der Waals surface area contributed by atoms with Crippen molar-refractivity contribution in [2.75, 3.05) is 13.2 Å². The molecule has 0 aliphatic rings. The molecule has 0 N–H and O–H groups in total. The minimum absolute atomic E-state index is 0.285. The molecule has 21 heavy (non-hydrogen) atoms. The zero-order chi connectivity index (χ0) is 15.6. The van der Waals surface area contributed by atoms with E-state index in [0.29, 0.717) is 6.61 Å². The molecule has 0 radical (unpaired) electrons. The molecular weight excluding hydrogens is 283 g/mol. The van der Waals surface area contributed by atoms with Gasteiger partial charge in [-0.25, -0.2) is 0 Å². The molecule has 0 amide bonds. The SMILES string of the molecule is C=CCO[P+](=O)OCCCCCCCCCCCCCC. The van der Waals surface area contributed by atoms with Gasteiger partial charge in [-0.1, -0.05) is 83.6 Å². The fourth-order valence-corrected chi connectivity index (χ4v) is 2.81. The lowest BCUT2D eigenvalue weighted by Crippen LogP contribution is -1.90. The van der Waals surface area contributed by atoms with Crippen molar-refractivity contribution in [2.24, 2.45) is 0 Å². The Labute approximate surface area is 132 Å². The molecule has 124 valence electrons. The van der Waals surface area contributed by atoms with Crippen LogP contribution in [0.15, 0.2) is 12.7 Å². The summed E-state index contributed by atoms with van der Waals surface area (Å²) in [5.41, 5.74) is 0. The van der Waals surface area contributed by atoms with Crippen molar-refractivity contribution in [2.45, 2.75) is 84.0 Å². The Morgan fingerprint density at radius 3 is 1.76 bits per heavy atom. The molecule has 0 aromatic heterocycles. The molecule has 1 unspecified atom stereocenters. The maximum atomic E-state index is 11.2. The second-order valence-corrected chi connectivity index (χ2v) is 6.49. The van der Waals surface area contributed by atoms with E-state index in [0.717, 1.165) is 12.8 Å². The van der Waals surface area contributed by atoms with Crippen LogP contribution in [0.1, 0.15) is 84.0 Å². The quantitative estimate of drug-likeness (QED) is 0.173. The lowest BCUT2D eigenvalue weighted by Gasteiger charge is -2.01. The summed E-state index contributed by atoms with van der Waals surface area (Å²) in [6.45, 7) is 6.57. The molecule has 4 heteroatoms. The van der Waals surface area contributed by atoms with E-state index in [4.69, 9.17) is 9.05 Å². The molecular formula is C17H34O3P+. The van der Waals surface area contributed by atoms with Gasteiger partial charge < -0.3 is 0 Å². The maximum Gasteiger partial charge on any atom is 0.697 e. The molecule has 0 saturated carbocycles. The van der Waals surface area contributed by atoms with Crippen LogP contribution in [-0.2, 0) is 13.6 Å². The summed E-state index contributed by atoms with van der Waals surface area (Å²) >= 11 is 0. The lowest BCUT2D eigenvalue weighted by molar-refractivity contribution is 0.236. The summed E-state index contributed by atoms with van der Waals surface area (Å²) in [6, 6.07) is 0. The molecule has 0 rings (SSSR count). The zero-order valence-corrected chi connectivity index (χ0v) is 14.8. The zero-order valence-electron chi connectivity index (χ0n) is 13.9. The summed E-state index contributed by atoms with van der Waals surface area (Å²) in [5.74, 6) is 0. The van der Waals surface area contributed by atoms with E-state index >= 15 is 0 Å². The predicted molar refractivity (Wildman–Crippen MR) is 90.8 cm³/mol. The topological polar surface area (TPSA) is 35.5 Å². The first-order chi connectivity index (χ1) is 10.3. The Balaban J connectivity index is 3.05. The number of hydrogen-bond acceptors (Lipinski definition) is 3. The summed E-state index contributed by atoms with van der Waals surface area (Å²) < 4.78 is 21.1. The Morgan fingerprint density at radius 2 is 1.29 bits per heavy atom. The standard InChI is InChI=1S/C17H34O3P/c1-3-5-6-7-8-9-10-11-12-13-14-15-17-20-21(18)19-16-4-2/h4H,2-3,5-17H2,1H3/q+1. The van der Waals surface area contributed by atoms with Crippen molar-refractivity contribution >= 4 is 8.25 Å². The fraction of sp³-hybridized carbons (Fsp3) is 0.882. The number of rotatable bonds is 17. The van der Waals surface area contributed by atoms with Crippen LogP contribution in [0.4, 0.5) is 0 Å². The van der Waals surface area contributed by atoms with Crippen LogP contribution < -0.4 is 0 Å². The van der Waals surface area contributed by atoms with Crippen molar-refractivity contribution < 1.29 is 13.6 Å². The third kappa shape index (κ3) is 17.7. The molecule has 3 nitrogen and oxygen atoms in total. The summed E-state index contributed by atoms with van der Waals surface area (Å²) in [4.78, 5) is 0. The normalized spacial score (nSPS) is 11.6. The minimum Gasteiger partial charge on any atom is -0.119 e. The monoisotopic (exact) mass is 317 g/mol. The second-order valence-electron chi connectivity index (χ2n) is 5.53. The van der Waals surface area contributed by atoms with Crippen LogP contribution in [-0.4, -0.2) is 13.2 Å². The van der Waals surface area contributed by atoms with Gasteiger partial charge in [-0.2, -0.15) is 0 Å². The fourth-order valence-electron chi connectivity index (χ4n) is 2.23. The average Bonchev–Trinajstić information content (AvgIpc) is 2.49. The van der Waals surface area contributed by atoms with Gasteiger partial charge in [-0.05, 0) is 6.42 Å². The van der Waals surface area contributed by atoms with Crippen molar-refractivity contribution in [3.8, 4) is 0 Å². The third-order valence-corrected chi connectivity index (χ3v) is 4.25. The van der Waals surface area contributed by atoms with Gasteiger partial charge in [0.25, 0.3) is 0 Å². The van der Waals surface area contributed by atoms with Crippen molar-refractivity contribution in [3.05, 3.63) is 12.7 Å². The molecule has 0 aromatic carbocycles. The first-order valence-corrected chi connectivity index (χ1v) is 9.74. The van der Waals surface area contributed by atoms with Crippen molar-refractivity contribution in [1.82, 2.24) is 0 Å². The smallest absolute Gasteiger partial charge is 0.119 e. The first-order valence-electron chi connectivity index (χ1n) is 8.65. The average molecular weight is 317 g/mol. The summed E-state index contributed by atoms with van der Waals surface area (Å²) in [6.07, 6.45) is 17.3. The van der Waals surface area contributed by atoms with E-state index < -0.39 is 8.25 Å². The van der Waals surface area contributed by atoms with Crippen LogP contribution in [0.5, 0.6) is 0 Å². The molecule has 0 heterocycles. The number of unbranched alkanes of at least 4 members (excludes halogenated alkanes) is 11. The Bertz CT molecular complexity index is 244.